The summed E-state index contributed by atoms with van der Waals surface area (Å²) in [6.45, 7) is 0.323. The highest BCUT2D eigenvalue weighted by Gasteiger charge is 2.05. The van der Waals surface area contributed by atoms with E-state index in [0.29, 0.717) is 6.61 Å². The van der Waals surface area contributed by atoms with Gasteiger partial charge in [0, 0.05) is 7.11 Å². The summed E-state index contributed by atoms with van der Waals surface area (Å²) < 4.78 is 33.8. The van der Waals surface area contributed by atoms with E-state index in [1.54, 1.807) is 25.3 Å². The number of aliphatic hydroxyl groups excluding tert-OH is 1. The maximum Gasteiger partial charge on any atom is 0.294 e. The molecule has 0 bridgehead atoms. The summed E-state index contributed by atoms with van der Waals surface area (Å²) in [5.74, 6) is 4.99. The van der Waals surface area contributed by atoms with Crippen LogP contribution in [0.15, 0.2) is 35.2 Å². The van der Waals surface area contributed by atoms with Crippen LogP contribution in [0.5, 0.6) is 0 Å². The van der Waals surface area contributed by atoms with Gasteiger partial charge in [-0.05, 0) is 12.1 Å². The lowest BCUT2D eigenvalue weighted by molar-refractivity contribution is 0.239. The van der Waals surface area contributed by atoms with Crippen molar-refractivity contribution >= 4 is 10.1 Å². The van der Waals surface area contributed by atoms with Gasteiger partial charge in [0.15, 0.2) is 0 Å². The molecular weight excluding hydrogens is 244 g/mol. The van der Waals surface area contributed by atoms with Crippen LogP contribution >= 0.6 is 0 Å². The van der Waals surface area contributed by atoms with E-state index >= 15 is 0 Å². The monoisotopic (exact) mass is 258 g/mol. The van der Waals surface area contributed by atoms with E-state index < -0.39 is 10.1 Å². The number of methoxy groups -OCH3 is 1. The van der Waals surface area contributed by atoms with Gasteiger partial charge in [0.05, 0.1) is 4.90 Å². The summed E-state index contributed by atoms with van der Waals surface area (Å²) in [4.78, 5) is -0.0741. The number of rotatable bonds is 2. The van der Waals surface area contributed by atoms with Gasteiger partial charge in [-0.2, -0.15) is 8.42 Å². The van der Waals surface area contributed by atoms with Gasteiger partial charge in [-0.25, -0.2) is 0 Å². The number of hydrogen-bond donors (Lipinski definition) is 2. The Morgan fingerprint density at radius 2 is 1.82 bits per heavy atom. The Morgan fingerprint density at radius 1 is 1.24 bits per heavy atom. The Labute approximate surface area is 101 Å². The van der Waals surface area contributed by atoms with E-state index in [0.717, 1.165) is 0 Å². The first-order valence-electron chi connectivity index (χ1n) is 4.60. The van der Waals surface area contributed by atoms with Crippen LogP contribution in [0.1, 0.15) is 0 Å². The molecule has 0 saturated heterocycles. The molecular formula is C11H14O5S. The van der Waals surface area contributed by atoms with Gasteiger partial charge in [-0.15, -0.1) is 0 Å². The fourth-order valence-electron chi connectivity index (χ4n) is 0.772. The topological polar surface area (TPSA) is 83.8 Å². The number of ether oxygens (including phenoxy) is 1. The molecule has 0 amide bonds. The average molecular weight is 258 g/mol. The zero-order valence-corrected chi connectivity index (χ0v) is 10.1. The molecule has 17 heavy (non-hydrogen) atoms. The SMILES string of the molecule is COCC#CCO.O=S(=O)(O)c1ccccc1. The van der Waals surface area contributed by atoms with Gasteiger partial charge in [0.1, 0.15) is 13.2 Å². The van der Waals surface area contributed by atoms with Crippen LogP contribution in [0.2, 0.25) is 0 Å². The standard InChI is InChI=1S/C6H6O3S.C5H8O2/c7-10(8,9)6-4-2-1-3-5-6;1-7-5-3-2-4-6/h1-5H,(H,7,8,9);6H,4-5H2,1H3. The predicted molar refractivity (Wildman–Crippen MR) is 63.0 cm³/mol. The minimum atomic E-state index is -4.00. The molecule has 0 unspecified atom stereocenters. The van der Waals surface area contributed by atoms with Crippen molar-refractivity contribution in [1.29, 1.82) is 0 Å². The highest BCUT2D eigenvalue weighted by Crippen LogP contribution is 2.05. The first-order valence-corrected chi connectivity index (χ1v) is 6.04. The molecule has 5 nitrogen and oxygen atoms in total. The largest absolute Gasteiger partial charge is 0.384 e. The summed E-state index contributed by atoms with van der Waals surface area (Å²) >= 11 is 0. The summed E-state index contributed by atoms with van der Waals surface area (Å²) in [6, 6.07) is 7.42. The molecule has 0 atom stereocenters. The third-order valence-corrected chi connectivity index (χ3v) is 2.33. The Hall–Kier alpha value is -1.39. The fourth-order valence-corrected chi connectivity index (χ4v) is 1.27. The van der Waals surface area contributed by atoms with Gasteiger partial charge < -0.3 is 9.84 Å². The molecule has 0 radical (unpaired) electrons. The van der Waals surface area contributed by atoms with Crippen LogP contribution in [-0.2, 0) is 14.9 Å². The van der Waals surface area contributed by atoms with Gasteiger partial charge in [0.25, 0.3) is 10.1 Å². The zero-order chi connectivity index (χ0) is 13.1. The normalized spacial score (nSPS) is 9.59. The van der Waals surface area contributed by atoms with Crippen LogP contribution in [0.25, 0.3) is 0 Å². The van der Waals surface area contributed by atoms with E-state index in [4.69, 9.17) is 9.66 Å². The third kappa shape index (κ3) is 8.42. The zero-order valence-electron chi connectivity index (χ0n) is 9.33. The lowest BCUT2D eigenvalue weighted by atomic mass is 10.4. The Bertz CT molecular complexity index is 456. The molecule has 6 heteroatoms. The number of aliphatic hydroxyl groups is 1. The van der Waals surface area contributed by atoms with E-state index in [1.165, 1.54) is 12.1 Å². The average Bonchev–Trinajstić information content (AvgIpc) is 2.31. The second-order valence-corrected chi connectivity index (χ2v) is 4.15. The van der Waals surface area contributed by atoms with E-state index in [9.17, 15) is 8.42 Å². The fraction of sp³-hybridized carbons (Fsp3) is 0.273. The van der Waals surface area contributed by atoms with Crippen molar-refractivity contribution in [1.82, 2.24) is 0 Å². The van der Waals surface area contributed by atoms with Crippen molar-refractivity contribution in [2.45, 2.75) is 4.90 Å². The highest BCUT2D eigenvalue weighted by atomic mass is 32.2. The number of hydrogen-bond acceptors (Lipinski definition) is 4. The van der Waals surface area contributed by atoms with Crippen molar-refractivity contribution in [2.75, 3.05) is 20.3 Å². The molecule has 1 rings (SSSR count). The van der Waals surface area contributed by atoms with Crippen LogP contribution in [0, 0.1) is 11.8 Å². The van der Waals surface area contributed by atoms with Gasteiger partial charge in [0.2, 0.25) is 0 Å². The smallest absolute Gasteiger partial charge is 0.294 e. The second kappa shape index (κ2) is 8.73. The molecule has 0 aliphatic rings. The van der Waals surface area contributed by atoms with Gasteiger partial charge in [-0.3, -0.25) is 4.55 Å². The summed E-state index contributed by atoms with van der Waals surface area (Å²) in [5.41, 5.74) is 0. The predicted octanol–water partition coefficient (Wildman–Crippen LogP) is 0.562. The van der Waals surface area contributed by atoms with Crippen molar-refractivity contribution in [3.63, 3.8) is 0 Å². The lowest BCUT2D eigenvalue weighted by Gasteiger charge is -1.92. The van der Waals surface area contributed by atoms with Crippen molar-refractivity contribution in [3.8, 4) is 11.8 Å². The molecule has 0 aromatic heterocycles. The summed E-state index contributed by atoms with van der Waals surface area (Å²) in [6.07, 6.45) is 0. The first kappa shape index (κ1) is 15.6. The van der Waals surface area contributed by atoms with Crippen LogP contribution in [-0.4, -0.2) is 38.4 Å². The molecule has 0 heterocycles. The first-order chi connectivity index (χ1) is 8.02. The minimum Gasteiger partial charge on any atom is -0.384 e. The van der Waals surface area contributed by atoms with Crippen molar-refractivity contribution in [2.24, 2.45) is 0 Å². The molecule has 1 aromatic carbocycles. The molecule has 0 fully saturated rings. The second-order valence-electron chi connectivity index (χ2n) is 2.73. The molecule has 1 aromatic rings. The van der Waals surface area contributed by atoms with E-state index in [2.05, 4.69) is 16.6 Å². The van der Waals surface area contributed by atoms with E-state index in [1.807, 2.05) is 0 Å². The van der Waals surface area contributed by atoms with Gasteiger partial charge >= 0.3 is 0 Å². The van der Waals surface area contributed by atoms with Crippen LogP contribution < -0.4 is 0 Å². The molecule has 94 valence electrons. The van der Waals surface area contributed by atoms with E-state index in [-0.39, 0.29) is 11.5 Å². The van der Waals surface area contributed by atoms with Crippen LogP contribution in [0.4, 0.5) is 0 Å². The van der Waals surface area contributed by atoms with Crippen molar-refractivity contribution < 1.29 is 22.8 Å². The van der Waals surface area contributed by atoms with Crippen molar-refractivity contribution in [3.05, 3.63) is 30.3 Å². The van der Waals surface area contributed by atoms with Crippen LogP contribution in [0.3, 0.4) is 0 Å². The summed E-state index contributed by atoms with van der Waals surface area (Å²) in [7, 11) is -2.44. The number of benzene rings is 1. The molecule has 0 saturated carbocycles. The minimum absolute atomic E-state index is 0.0741. The molecule has 0 spiro atoms. The lowest BCUT2D eigenvalue weighted by Crippen LogP contribution is -1.96. The Kier molecular flexibility index (Phi) is 8.01. The Morgan fingerprint density at radius 3 is 2.18 bits per heavy atom. The Balaban J connectivity index is 0.000000325. The quantitative estimate of drug-likeness (QED) is 0.598. The van der Waals surface area contributed by atoms with Gasteiger partial charge in [-0.1, -0.05) is 30.0 Å². The summed E-state index contributed by atoms with van der Waals surface area (Å²) in [5, 5.41) is 8.06. The molecule has 0 aliphatic carbocycles. The maximum atomic E-state index is 10.4. The molecule has 0 aliphatic heterocycles. The third-order valence-electron chi connectivity index (χ3n) is 1.46. The molecule has 2 N–H and O–H groups in total. The maximum absolute atomic E-state index is 10.4. The highest BCUT2D eigenvalue weighted by molar-refractivity contribution is 7.85.